The first-order chi connectivity index (χ1) is 9.75. The van der Waals surface area contributed by atoms with Gasteiger partial charge in [-0.25, -0.2) is 0 Å². The topological polar surface area (TPSA) is 29.1 Å². The lowest BCUT2D eigenvalue weighted by molar-refractivity contribution is -0.121. The average molecular weight is 267 g/mol. The number of carbonyl (C=O) groups is 1. The molecule has 0 aromatic heterocycles. The molecule has 0 heterocycles. The van der Waals surface area contributed by atoms with Crippen molar-refractivity contribution in [3.8, 4) is 0 Å². The van der Waals surface area contributed by atoms with Crippen LogP contribution in [-0.2, 0) is 11.2 Å². The van der Waals surface area contributed by atoms with Crippen LogP contribution < -0.4 is 5.32 Å². The van der Waals surface area contributed by atoms with E-state index in [-0.39, 0.29) is 11.9 Å². The summed E-state index contributed by atoms with van der Waals surface area (Å²) in [6.45, 7) is 2.02. The highest BCUT2D eigenvalue weighted by molar-refractivity contribution is 5.76. The van der Waals surface area contributed by atoms with Gasteiger partial charge in [0.05, 0.1) is 6.04 Å². The molecule has 2 nitrogen and oxygen atoms in total. The van der Waals surface area contributed by atoms with Crippen LogP contribution >= 0.6 is 0 Å². The van der Waals surface area contributed by atoms with Gasteiger partial charge in [-0.15, -0.1) is 0 Å². The molecule has 1 atom stereocenters. The second kappa shape index (κ2) is 7.49. The maximum atomic E-state index is 11.9. The number of carbonyl (C=O) groups excluding carboxylic acids is 1. The first-order valence-corrected chi connectivity index (χ1v) is 7.14. The van der Waals surface area contributed by atoms with Crippen molar-refractivity contribution in [3.05, 3.63) is 71.8 Å². The van der Waals surface area contributed by atoms with Crippen molar-refractivity contribution < 1.29 is 4.79 Å². The van der Waals surface area contributed by atoms with Crippen molar-refractivity contribution in [2.75, 3.05) is 0 Å². The highest BCUT2D eigenvalue weighted by atomic mass is 16.1. The van der Waals surface area contributed by atoms with Gasteiger partial charge in [0.25, 0.3) is 0 Å². The SMILES string of the molecule is CC(NC(=O)CCCc1ccccc1)c1ccccc1. The van der Waals surface area contributed by atoms with E-state index >= 15 is 0 Å². The van der Waals surface area contributed by atoms with Gasteiger partial charge in [0, 0.05) is 6.42 Å². The molecule has 2 aromatic rings. The molecular formula is C18H21NO. The van der Waals surface area contributed by atoms with Crippen molar-refractivity contribution in [1.82, 2.24) is 5.32 Å². The normalized spacial score (nSPS) is 11.8. The van der Waals surface area contributed by atoms with E-state index in [4.69, 9.17) is 0 Å². The number of hydrogen-bond donors (Lipinski definition) is 1. The standard InChI is InChI=1S/C18H21NO/c1-15(17-12-6-3-7-13-17)19-18(20)14-8-11-16-9-4-2-5-10-16/h2-7,9-10,12-13,15H,8,11,14H2,1H3,(H,19,20). The molecule has 0 bridgehead atoms. The van der Waals surface area contributed by atoms with Crippen molar-refractivity contribution in [1.29, 1.82) is 0 Å². The number of aryl methyl sites for hydroxylation is 1. The fourth-order valence-electron chi connectivity index (χ4n) is 2.24. The molecule has 0 fully saturated rings. The summed E-state index contributed by atoms with van der Waals surface area (Å²) in [5.41, 5.74) is 2.43. The molecule has 104 valence electrons. The maximum Gasteiger partial charge on any atom is 0.220 e. The highest BCUT2D eigenvalue weighted by Gasteiger charge is 2.08. The largest absolute Gasteiger partial charge is 0.350 e. The van der Waals surface area contributed by atoms with E-state index in [2.05, 4.69) is 17.4 Å². The fraction of sp³-hybridized carbons (Fsp3) is 0.278. The summed E-state index contributed by atoms with van der Waals surface area (Å²) in [4.78, 5) is 11.9. The molecule has 1 N–H and O–H groups in total. The Labute approximate surface area is 120 Å². The minimum atomic E-state index is 0.0698. The lowest BCUT2D eigenvalue weighted by Gasteiger charge is -2.14. The molecule has 0 radical (unpaired) electrons. The Hall–Kier alpha value is -2.09. The second-order valence-corrected chi connectivity index (χ2v) is 5.04. The van der Waals surface area contributed by atoms with Gasteiger partial charge in [0.15, 0.2) is 0 Å². The summed E-state index contributed by atoms with van der Waals surface area (Å²) >= 11 is 0. The summed E-state index contributed by atoms with van der Waals surface area (Å²) in [6.07, 6.45) is 2.41. The monoisotopic (exact) mass is 267 g/mol. The zero-order chi connectivity index (χ0) is 14.2. The van der Waals surface area contributed by atoms with E-state index < -0.39 is 0 Å². The first-order valence-electron chi connectivity index (χ1n) is 7.14. The number of nitrogens with one attached hydrogen (secondary N) is 1. The van der Waals surface area contributed by atoms with Crippen LogP contribution in [0.15, 0.2) is 60.7 Å². The molecule has 2 aromatic carbocycles. The minimum Gasteiger partial charge on any atom is -0.350 e. The molecule has 20 heavy (non-hydrogen) atoms. The fourth-order valence-corrected chi connectivity index (χ4v) is 2.24. The van der Waals surface area contributed by atoms with E-state index in [9.17, 15) is 4.79 Å². The van der Waals surface area contributed by atoms with E-state index in [1.54, 1.807) is 0 Å². The van der Waals surface area contributed by atoms with Crippen LogP contribution in [0.5, 0.6) is 0 Å². The summed E-state index contributed by atoms with van der Waals surface area (Å²) in [5.74, 6) is 0.122. The molecular weight excluding hydrogens is 246 g/mol. The van der Waals surface area contributed by atoms with Crippen LogP contribution in [0.3, 0.4) is 0 Å². The predicted octanol–water partition coefficient (Wildman–Crippen LogP) is 3.89. The highest BCUT2D eigenvalue weighted by Crippen LogP contribution is 2.12. The third-order valence-corrected chi connectivity index (χ3v) is 3.39. The molecule has 0 spiro atoms. The van der Waals surface area contributed by atoms with Crippen LogP contribution in [0.4, 0.5) is 0 Å². The number of hydrogen-bond acceptors (Lipinski definition) is 1. The Morgan fingerprint density at radius 3 is 2.25 bits per heavy atom. The average Bonchev–Trinajstić information content (AvgIpc) is 2.49. The van der Waals surface area contributed by atoms with Crippen LogP contribution in [0, 0.1) is 0 Å². The van der Waals surface area contributed by atoms with Gasteiger partial charge in [-0.05, 0) is 30.9 Å². The van der Waals surface area contributed by atoms with Gasteiger partial charge in [-0.3, -0.25) is 4.79 Å². The molecule has 2 rings (SSSR count). The second-order valence-electron chi connectivity index (χ2n) is 5.04. The zero-order valence-electron chi connectivity index (χ0n) is 11.9. The summed E-state index contributed by atoms with van der Waals surface area (Å²) in [7, 11) is 0. The third kappa shape index (κ3) is 4.54. The van der Waals surface area contributed by atoms with Crippen molar-refractivity contribution in [2.24, 2.45) is 0 Å². The summed E-state index contributed by atoms with van der Waals surface area (Å²) in [6, 6.07) is 20.4. The molecule has 1 unspecified atom stereocenters. The lowest BCUT2D eigenvalue weighted by Crippen LogP contribution is -2.26. The van der Waals surface area contributed by atoms with Crippen molar-refractivity contribution in [3.63, 3.8) is 0 Å². The Morgan fingerprint density at radius 1 is 1.00 bits per heavy atom. The Balaban J connectivity index is 1.73. The first kappa shape index (κ1) is 14.3. The summed E-state index contributed by atoms with van der Waals surface area (Å²) in [5, 5.41) is 3.04. The van der Waals surface area contributed by atoms with E-state index in [0.29, 0.717) is 6.42 Å². The third-order valence-electron chi connectivity index (χ3n) is 3.39. The number of rotatable bonds is 6. The molecule has 0 saturated carbocycles. The molecule has 1 amide bonds. The minimum absolute atomic E-state index is 0.0698. The van der Waals surface area contributed by atoms with Gasteiger partial charge < -0.3 is 5.32 Å². The number of amides is 1. The summed E-state index contributed by atoms with van der Waals surface area (Å²) < 4.78 is 0. The van der Waals surface area contributed by atoms with E-state index in [1.807, 2.05) is 55.5 Å². The maximum absolute atomic E-state index is 11.9. The molecule has 0 aliphatic carbocycles. The zero-order valence-corrected chi connectivity index (χ0v) is 11.9. The van der Waals surface area contributed by atoms with Crippen LogP contribution in [0.1, 0.15) is 36.9 Å². The Morgan fingerprint density at radius 2 is 1.60 bits per heavy atom. The number of benzene rings is 2. The van der Waals surface area contributed by atoms with Gasteiger partial charge in [-0.1, -0.05) is 60.7 Å². The molecule has 0 saturated heterocycles. The Kier molecular flexibility index (Phi) is 5.36. The van der Waals surface area contributed by atoms with Gasteiger partial charge >= 0.3 is 0 Å². The van der Waals surface area contributed by atoms with Crippen LogP contribution in [0.25, 0.3) is 0 Å². The predicted molar refractivity (Wildman–Crippen MR) is 82.4 cm³/mol. The Bertz CT molecular complexity index is 522. The van der Waals surface area contributed by atoms with Gasteiger partial charge in [0.1, 0.15) is 0 Å². The molecule has 0 aliphatic rings. The molecule has 0 aliphatic heterocycles. The van der Waals surface area contributed by atoms with Crippen LogP contribution in [-0.4, -0.2) is 5.91 Å². The van der Waals surface area contributed by atoms with Crippen LogP contribution in [0.2, 0.25) is 0 Å². The van der Waals surface area contributed by atoms with Gasteiger partial charge in [0.2, 0.25) is 5.91 Å². The van der Waals surface area contributed by atoms with Crippen molar-refractivity contribution >= 4 is 5.91 Å². The quantitative estimate of drug-likeness (QED) is 0.845. The van der Waals surface area contributed by atoms with E-state index in [1.165, 1.54) is 5.56 Å². The smallest absolute Gasteiger partial charge is 0.220 e. The van der Waals surface area contributed by atoms with E-state index in [0.717, 1.165) is 18.4 Å². The molecule has 2 heteroatoms. The lowest BCUT2D eigenvalue weighted by atomic mass is 10.1. The van der Waals surface area contributed by atoms with Gasteiger partial charge in [-0.2, -0.15) is 0 Å². The van der Waals surface area contributed by atoms with Crippen molar-refractivity contribution in [2.45, 2.75) is 32.2 Å².